The molecule has 1 amide bonds. The van der Waals surface area contributed by atoms with Crippen LogP contribution in [0.3, 0.4) is 0 Å². The van der Waals surface area contributed by atoms with Crippen molar-refractivity contribution in [3.63, 3.8) is 0 Å². The van der Waals surface area contributed by atoms with Crippen molar-refractivity contribution in [1.82, 2.24) is 14.9 Å². The molecule has 3 rings (SSSR count). The third kappa shape index (κ3) is 4.96. The van der Waals surface area contributed by atoms with Crippen molar-refractivity contribution >= 4 is 5.91 Å². The van der Waals surface area contributed by atoms with E-state index in [1.807, 2.05) is 54.1 Å². The lowest BCUT2D eigenvalue weighted by Crippen LogP contribution is -2.35. The highest BCUT2D eigenvalue weighted by Gasteiger charge is 2.14. The molecule has 0 aliphatic carbocycles. The SMILES string of the molecule is Cc1cccc(OC(C)C(=O)NCc2ccc(Cn3ccnc3)cc2)c1. The van der Waals surface area contributed by atoms with Crippen LogP contribution in [0.1, 0.15) is 23.6 Å². The maximum absolute atomic E-state index is 12.2. The van der Waals surface area contributed by atoms with Gasteiger partial charge in [0.1, 0.15) is 5.75 Å². The van der Waals surface area contributed by atoms with Crippen molar-refractivity contribution < 1.29 is 9.53 Å². The Morgan fingerprint density at radius 1 is 1.19 bits per heavy atom. The average Bonchev–Trinajstić information content (AvgIpc) is 3.14. The molecule has 0 saturated carbocycles. The first kappa shape index (κ1) is 17.7. The van der Waals surface area contributed by atoms with Gasteiger partial charge in [-0.2, -0.15) is 0 Å². The van der Waals surface area contributed by atoms with Gasteiger partial charge in [-0.15, -0.1) is 0 Å². The lowest BCUT2D eigenvalue weighted by molar-refractivity contribution is -0.127. The number of amides is 1. The first-order valence-electron chi connectivity index (χ1n) is 8.65. The number of hydrogen-bond donors (Lipinski definition) is 1. The standard InChI is InChI=1S/C21H23N3O2/c1-16-4-3-5-20(12-16)26-17(2)21(25)23-13-18-6-8-19(9-7-18)14-24-11-10-22-15-24/h3-12,15,17H,13-14H2,1-2H3,(H,23,25). The van der Waals surface area contributed by atoms with Gasteiger partial charge in [-0.05, 0) is 42.7 Å². The molecule has 0 spiro atoms. The number of hydrogen-bond acceptors (Lipinski definition) is 3. The highest BCUT2D eigenvalue weighted by Crippen LogP contribution is 2.14. The first-order chi connectivity index (χ1) is 12.6. The van der Waals surface area contributed by atoms with Crippen molar-refractivity contribution in [3.05, 3.63) is 83.9 Å². The van der Waals surface area contributed by atoms with Crippen molar-refractivity contribution in [2.45, 2.75) is 33.0 Å². The average molecular weight is 349 g/mol. The van der Waals surface area contributed by atoms with E-state index < -0.39 is 6.10 Å². The predicted molar refractivity (Wildman–Crippen MR) is 101 cm³/mol. The third-order valence-electron chi connectivity index (χ3n) is 4.09. The maximum Gasteiger partial charge on any atom is 0.261 e. The van der Waals surface area contributed by atoms with Gasteiger partial charge in [-0.1, -0.05) is 36.4 Å². The van der Waals surface area contributed by atoms with E-state index in [4.69, 9.17) is 4.74 Å². The van der Waals surface area contributed by atoms with Gasteiger partial charge in [0, 0.05) is 25.5 Å². The summed E-state index contributed by atoms with van der Waals surface area (Å²) in [6.45, 7) is 5.01. The van der Waals surface area contributed by atoms with E-state index in [9.17, 15) is 4.79 Å². The van der Waals surface area contributed by atoms with E-state index in [1.165, 1.54) is 5.56 Å². The summed E-state index contributed by atoms with van der Waals surface area (Å²) >= 11 is 0. The topological polar surface area (TPSA) is 56.1 Å². The molecule has 2 aromatic carbocycles. The van der Waals surface area contributed by atoms with Crippen LogP contribution < -0.4 is 10.1 Å². The molecule has 1 atom stereocenters. The summed E-state index contributed by atoms with van der Waals surface area (Å²) in [5, 5.41) is 2.92. The van der Waals surface area contributed by atoms with Gasteiger partial charge < -0.3 is 14.6 Å². The molecule has 134 valence electrons. The first-order valence-corrected chi connectivity index (χ1v) is 8.65. The fourth-order valence-electron chi connectivity index (χ4n) is 2.63. The lowest BCUT2D eigenvalue weighted by Gasteiger charge is -2.15. The second-order valence-electron chi connectivity index (χ2n) is 6.35. The van der Waals surface area contributed by atoms with E-state index in [0.29, 0.717) is 12.3 Å². The number of nitrogens with zero attached hydrogens (tertiary/aromatic N) is 2. The van der Waals surface area contributed by atoms with Crippen LogP contribution in [0.5, 0.6) is 5.75 Å². The normalized spacial score (nSPS) is 11.8. The van der Waals surface area contributed by atoms with Gasteiger partial charge in [0.25, 0.3) is 5.91 Å². The van der Waals surface area contributed by atoms with Crippen molar-refractivity contribution in [2.24, 2.45) is 0 Å². The zero-order valence-corrected chi connectivity index (χ0v) is 15.1. The number of aromatic nitrogens is 2. The number of aryl methyl sites for hydroxylation is 1. The van der Waals surface area contributed by atoms with Gasteiger partial charge >= 0.3 is 0 Å². The number of carbonyl (C=O) groups is 1. The maximum atomic E-state index is 12.2. The number of carbonyl (C=O) groups excluding carboxylic acids is 1. The molecule has 0 aliphatic heterocycles. The van der Waals surface area contributed by atoms with Gasteiger partial charge in [0.15, 0.2) is 6.10 Å². The van der Waals surface area contributed by atoms with E-state index in [0.717, 1.165) is 17.7 Å². The minimum absolute atomic E-state index is 0.131. The van der Waals surface area contributed by atoms with E-state index >= 15 is 0 Å². The molecule has 1 unspecified atom stereocenters. The second kappa shape index (κ2) is 8.34. The Morgan fingerprint density at radius 3 is 2.65 bits per heavy atom. The Kier molecular flexibility index (Phi) is 5.69. The van der Waals surface area contributed by atoms with E-state index in [1.54, 1.807) is 19.4 Å². The Bertz CT molecular complexity index is 842. The van der Waals surface area contributed by atoms with Crippen LogP contribution in [-0.4, -0.2) is 21.6 Å². The molecule has 26 heavy (non-hydrogen) atoms. The largest absolute Gasteiger partial charge is 0.481 e. The molecule has 0 aliphatic rings. The minimum Gasteiger partial charge on any atom is -0.481 e. The monoisotopic (exact) mass is 349 g/mol. The summed E-state index contributed by atoms with van der Waals surface area (Å²) in [4.78, 5) is 16.3. The highest BCUT2D eigenvalue weighted by molar-refractivity contribution is 5.80. The van der Waals surface area contributed by atoms with Crippen LogP contribution in [0.4, 0.5) is 0 Å². The van der Waals surface area contributed by atoms with Gasteiger partial charge in [0.05, 0.1) is 6.33 Å². The third-order valence-corrected chi connectivity index (χ3v) is 4.09. The summed E-state index contributed by atoms with van der Waals surface area (Å²) in [5.41, 5.74) is 3.34. The fraction of sp³-hybridized carbons (Fsp3) is 0.238. The lowest BCUT2D eigenvalue weighted by atomic mass is 10.1. The fourth-order valence-corrected chi connectivity index (χ4v) is 2.63. The highest BCUT2D eigenvalue weighted by atomic mass is 16.5. The summed E-state index contributed by atoms with van der Waals surface area (Å²) < 4.78 is 7.72. The molecule has 1 heterocycles. The van der Waals surface area contributed by atoms with Crippen molar-refractivity contribution in [2.75, 3.05) is 0 Å². The molecule has 0 radical (unpaired) electrons. The van der Waals surface area contributed by atoms with E-state index in [2.05, 4.69) is 22.4 Å². The molecule has 0 bridgehead atoms. The van der Waals surface area contributed by atoms with Crippen LogP contribution in [0, 0.1) is 6.92 Å². The van der Waals surface area contributed by atoms with Crippen LogP contribution >= 0.6 is 0 Å². The number of imidazole rings is 1. The zero-order chi connectivity index (χ0) is 18.4. The molecule has 5 nitrogen and oxygen atoms in total. The number of rotatable bonds is 7. The molecule has 0 fully saturated rings. The Labute approximate surface area is 153 Å². The quantitative estimate of drug-likeness (QED) is 0.712. The molecule has 1 aromatic heterocycles. The Hall–Kier alpha value is -3.08. The molecule has 1 N–H and O–H groups in total. The molecule has 0 saturated heterocycles. The molecule has 5 heteroatoms. The zero-order valence-electron chi connectivity index (χ0n) is 15.1. The van der Waals surface area contributed by atoms with Gasteiger partial charge in [-0.3, -0.25) is 4.79 Å². The summed E-state index contributed by atoms with van der Waals surface area (Å²) in [6.07, 6.45) is 4.95. The molecule has 3 aromatic rings. The van der Waals surface area contributed by atoms with Crippen molar-refractivity contribution in [3.8, 4) is 5.75 Å². The summed E-state index contributed by atoms with van der Waals surface area (Å²) in [6, 6.07) is 15.9. The van der Waals surface area contributed by atoms with Gasteiger partial charge in [-0.25, -0.2) is 4.98 Å². The van der Waals surface area contributed by atoms with E-state index in [-0.39, 0.29) is 5.91 Å². The Morgan fingerprint density at radius 2 is 1.96 bits per heavy atom. The van der Waals surface area contributed by atoms with Crippen LogP contribution in [-0.2, 0) is 17.9 Å². The number of benzene rings is 2. The second-order valence-corrected chi connectivity index (χ2v) is 6.35. The number of ether oxygens (including phenoxy) is 1. The predicted octanol–water partition coefficient (Wildman–Crippen LogP) is 3.32. The Balaban J connectivity index is 1.49. The van der Waals surface area contributed by atoms with Crippen LogP contribution in [0.25, 0.3) is 0 Å². The molecular weight excluding hydrogens is 326 g/mol. The smallest absolute Gasteiger partial charge is 0.261 e. The summed E-state index contributed by atoms with van der Waals surface area (Å²) in [7, 11) is 0. The van der Waals surface area contributed by atoms with Crippen LogP contribution in [0.2, 0.25) is 0 Å². The summed E-state index contributed by atoms with van der Waals surface area (Å²) in [5.74, 6) is 0.575. The molecular formula is C21H23N3O2. The van der Waals surface area contributed by atoms with Crippen molar-refractivity contribution in [1.29, 1.82) is 0 Å². The minimum atomic E-state index is -0.544. The van der Waals surface area contributed by atoms with Gasteiger partial charge in [0.2, 0.25) is 0 Å². The number of nitrogens with one attached hydrogen (secondary N) is 1. The van der Waals surface area contributed by atoms with Crippen LogP contribution in [0.15, 0.2) is 67.3 Å².